The van der Waals surface area contributed by atoms with E-state index in [-0.39, 0.29) is 11.4 Å². The monoisotopic (exact) mass is 289 g/mol. The molecule has 0 radical (unpaired) electrons. The molecule has 2 atom stereocenters. The average Bonchev–Trinajstić information content (AvgIpc) is 2.47. The SMILES string of the molecule is CC1CCCC(CN)(NC(=O)c2cccc(N(C)C)c2)C1. The number of hydrogen-bond acceptors (Lipinski definition) is 3. The van der Waals surface area contributed by atoms with Crippen molar-refractivity contribution >= 4 is 11.6 Å². The van der Waals surface area contributed by atoms with Gasteiger partial charge >= 0.3 is 0 Å². The number of carbonyl (C=O) groups is 1. The van der Waals surface area contributed by atoms with E-state index >= 15 is 0 Å². The molecule has 21 heavy (non-hydrogen) atoms. The van der Waals surface area contributed by atoms with Gasteiger partial charge in [-0.05, 0) is 37.0 Å². The highest BCUT2D eigenvalue weighted by atomic mass is 16.1. The third-order valence-corrected chi connectivity index (χ3v) is 4.49. The Balaban J connectivity index is 2.14. The molecular formula is C17H27N3O. The van der Waals surface area contributed by atoms with Crippen LogP contribution in [0.3, 0.4) is 0 Å². The Morgan fingerprint density at radius 1 is 1.48 bits per heavy atom. The van der Waals surface area contributed by atoms with Gasteiger partial charge in [-0.3, -0.25) is 4.79 Å². The first kappa shape index (κ1) is 15.8. The van der Waals surface area contributed by atoms with E-state index < -0.39 is 0 Å². The summed E-state index contributed by atoms with van der Waals surface area (Å²) in [5.74, 6) is 0.606. The molecule has 1 aliphatic rings. The van der Waals surface area contributed by atoms with Gasteiger partial charge < -0.3 is 16.0 Å². The van der Waals surface area contributed by atoms with Crippen LogP contribution in [-0.2, 0) is 0 Å². The Kier molecular flexibility index (Phi) is 4.88. The maximum Gasteiger partial charge on any atom is 0.251 e. The van der Waals surface area contributed by atoms with Crippen molar-refractivity contribution in [2.45, 2.75) is 38.1 Å². The highest BCUT2D eigenvalue weighted by Crippen LogP contribution is 2.32. The van der Waals surface area contributed by atoms with Crippen molar-refractivity contribution in [2.24, 2.45) is 11.7 Å². The predicted molar refractivity (Wildman–Crippen MR) is 87.7 cm³/mol. The van der Waals surface area contributed by atoms with Gasteiger partial charge in [-0.2, -0.15) is 0 Å². The van der Waals surface area contributed by atoms with Crippen LogP contribution < -0.4 is 16.0 Å². The van der Waals surface area contributed by atoms with Crippen LogP contribution in [0.1, 0.15) is 43.0 Å². The Morgan fingerprint density at radius 2 is 2.24 bits per heavy atom. The zero-order chi connectivity index (χ0) is 15.5. The molecule has 0 heterocycles. The van der Waals surface area contributed by atoms with Gasteiger partial charge in [-0.25, -0.2) is 0 Å². The first-order valence-electron chi connectivity index (χ1n) is 7.76. The molecule has 4 heteroatoms. The zero-order valence-corrected chi connectivity index (χ0v) is 13.4. The molecule has 0 saturated heterocycles. The number of anilines is 1. The largest absolute Gasteiger partial charge is 0.378 e. The molecular weight excluding hydrogens is 262 g/mol. The quantitative estimate of drug-likeness (QED) is 0.895. The number of benzene rings is 1. The second-order valence-electron chi connectivity index (χ2n) is 6.58. The fourth-order valence-electron chi connectivity index (χ4n) is 3.25. The molecule has 4 nitrogen and oxygen atoms in total. The zero-order valence-electron chi connectivity index (χ0n) is 13.4. The molecule has 2 rings (SSSR count). The van der Waals surface area contributed by atoms with Crippen LogP contribution in [0.15, 0.2) is 24.3 Å². The summed E-state index contributed by atoms with van der Waals surface area (Å²) in [6.07, 6.45) is 4.32. The van der Waals surface area contributed by atoms with E-state index in [1.165, 1.54) is 6.42 Å². The molecule has 1 amide bonds. The standard InChI is InChI=1S/C17H27N3O/c1-13-6-5-9-17(11-13,12-18)19-16(21)14-7-4-8-15(10-14)20(2)3/h4,7-8,10,13H,5-6,9,11-12,18H2,1-3H3,(H,19,21). The number of nitrogens with zero attached hydrogens (tertiary/aromatic N) is 1. The molecule has 1 aliphatic carbocycles. The van der Waals surface area contributed by atoms with Gasteiger partial charge in [-0.1, -0.05) is 25.8 Å². The minimum absolute atomic E-state index is 0.0155. The van der Waals surface area contributed by atoms with Crippen LogP contribution in [-0.4, -0.2) is 32.1 Å². The Hall–Kier alpha value is -1.55. The van der Waals surface area contributed by atoms with Crippen LogP contribution in [0.25, 0.3) is 0 Å². The van der Waals surface area contributed by atoms with Crippen LogP contribution in [0.2, 0.25) is 0 Å². The summed E-state index contributed by atoms with van der Waals surface area (Å²) < 4.78 is 0. The Morgan fingerprint density at radius 3 is 2.86 bits per heavy atom. The number of amides is 1. The van der Waals surface area contributed by atoms with E-state index in [1.807, 2.05) is 43.3 Å². The number of rotatable bonds is 4. The maximum absolute atomic E-state index is 12.6. The van der Waals surface area contributed by atoms with Crippen LogP contribution >= 0.6 is 0 Å². The van der Waals surface area contributed by atoms with Crippen LogP contribution in [0.4, 0.5) is 5.69 Å². The second-order valence-corrected chi connectivity index (χ2v) is 6.58. The minimum Gasteiger partial charge on any atom is -0.378 e. The molecule has 0 spiro atoms. The van der Waals surface area contributed by atoms with Crippen LogP contribution in [0.5, 0.6) is 0 Å². The summed E-state index contributed by atoms with van der Waals surface area (Å²) in [5.41, 5.74) is 7.48. The van der Waals surface area contributed by atoms with Crippen molar-refractivity contribution in [3.63, 3.8) is 0 Å². The van der Waals surface area contributed by atoms with Gasteiger partial charge in [0.05, 0.1) is 5.54 Å². The number of nitrogens with one attached hydrogen (secondary N) is 1. The average molecular weight is 289 g/mol. The van der Waals surface area contributed by atoms with Crippen molar-refractivity contribution < 1.29 is 4.79 Å². The summed E-state index contributed by atoms with van der Waals surface area (Å²) in [4.78, 5) is 14.6. The van der Waals surface area contributed by atoms with E-state index in [9.17, 15) is 4.79 Å². The predicted octanol–water partition coefficient (Wildman–Crippen LogP) is 2.39. The second kappa shape index (κ2) is 6.48. The molecule has 0 bridgehead atoms. The molecule has 1 aromatic carbocycles. The molecule has 1 fully saturated rings. The molecule has 1 aromatic rings. The number of hydrogen-bond donors (Lipinski definition) is 2. The van der Waals surface area contributed by atoms with Crippen molar-refractivity contribution in [1.29, 1.82) is 0 Å². The molecule has 0 aliphatic heterocycles. The third kappa shape index (κ3) is 3.76. The van der Waals surface area contributed by atoms with Crippen LogP contribution in [0, 0.1) is 5.92 Å². The summed E-state index contributed by atoms with van der Waals surface area (Å²) >= 11 is 0. The Bertz CT molecular complexity index is 501. The molecule has 2 unspecified atom stereocenters. The molecule has 0 aromatic heterocycles. The lowest BCUT2D eigenvalue weighted by Crippen LogP contribution is -2.56. The normalized spacial score (nSPS) is 25.4. The van der Waals surface area contributed by atoms with Gasteiger partial charge in [0.25, 0.3) is 5.91 Å². The van der Waals surface area contributed by atoms with Crippen molar-refractivity contribution in [3.8, 4) is 0 Å². The van der Waals surface area contributed by atoms with E-state index in [4.69, 9.17) is 5.73 Å². The van der Waals surface area contributed by atoms with Gasteiger partial charge in [-0.15, -0.1) is 0 Å². The fourth-order valence-corrected chi connectivity index (χ4v) is 3.25. The minimum atomic E-state index is -0.233. The van der Waals surface area contributed by atoms with E-state index in [1.54, 1.807) is 0 Å². The maximum atomic E-state index is 12.6. The molecule has 116 valence electrons. The van der Waals surface area contributed by atoms with Gasteiger partial charge in [0, 0.05) is 31.9 Å². The van der Waals surface area contributed by atoms with Gasteiger partial charge in [0.1, 0.15) is 0 Å². The summed E-state index contributed by atoms with van der Waals surface area (Å²) in [6.45, 7) is 2.75. The highest BCUT2D eigenvalue weighted by Gasteiger charge is 2.35. The van der Waals surface area contributed by atoms with Gasteiger partial charge in [0.2, 0.25) is 0 Å². The molecule has 1 saturated carbocycles. The lowest BCUT2D eigenvalue weighted by Gasteiger charge is -2.40. The topological polar surface area (TPSA) is 58.4 Å². The first-order valence-corrected chi connectivity index (χ1v) is 7.76. The molecule has 3 N–H and O–H groups in total. The summed E-state index contributed by atoms with van der Waals surface area (Å²) in [7, 11) is 3.95. The number of nitrogens with two attached hydrogens (primary N) is 1. The summed E-state index contributed by atoms with van der Waals surface area (Å²) in [5, 5.41) is 3.21. The van der Waals surface area contributed by atoms with Crippen molar-refractivity contribution in [2.75, 3.05) is 25.5 Å². The number of carbonyl (C=O) groups excluding carboxylic acids is 1. The van der Waals surface area contributed by atoms with Crippen molar-refractivity contribution in [1.82, 2.24) is 5.32 Å². The summed E-state index contributed by atoms with van der Waals surface area (Å²) in [6, 6.07) is 7.70. The van der Waals surface area contributed by atoms with Gasteiger partial charge in [0.15, 0.2) is 0 Å². The smallest absolute Gasteiger partial charge is 0.251 e. The lowest BCUT2D eigenvalue weighted by atomic mass is 9.76. The first-order chi connectivity index (χ1) is 9.96. The van der Waals surface area contributed by atoms with E-state index in [2.05, 4.69) is 12.2 Å². The van der Waals surface area contributed by atoms with E-state index in [0.717, 1.165) is 24.9 Å². The lowest BCUT2D eigenvalue weighted by molar-refractivity contribution is 0.0854. The third-order valence-electron chi connectivity index (χ3n) is 4.49. The Labute approximate surface area is 127 Å². The van der Waals surface area contributed by atoms with E-state index in [0.29, 0.717) is 18.0 Å². The fraction of sp³-hybridized carbons (Fsp3) is 0.588. The van der Waals surface area contributed by atoms with Crippen molar-refractivity contribution in [3.05, 3.63) is 29.8 Å². The highest BCUT2D eigenvalue weighted by molar-refractivity contribution is 5.95.